The molecule has 0 unspecified atom stereocenters. The van der Waals surface area contributed by atoms with Crippen LogP contribution in [0.3, 0.4) is 0 Å². The highest BCUT2D eigenvalue weighted by Gasteiger charge is 2.26. The molecule has 0 aliphatic carbocycles. The standard InChI is InChI=1S/C20H21N3O4/c1-4-23-15-10-17(27-3)16(26-2)9-14(15)19(22-11-18(23)24)12-6-5-7-13(8-12)20(21)25/h5-10H,4,11H2,1-3H3,(H2,21,25). The summed E-state index contributed by atoms with van der Waals surface area (Å²) >= 11 is 0. The number of hydrogen-bond acceptors (Lipinski definition) is 5. The Morgan fingerprint density at radius 2 is 1.89 bits per heavy atom. The fourth-order valence-electron chi connectivity index (χ4n) is 3.15. The van der Waals surface area contributed by atoms with E-state index in [4.69, 9.17) is 15.2 Å². The third-order valence-electron chi connectivity index (χ3n) is 4.46. The number of carbonyl (C=O) groups excluding carboxylic acids is 2. The second-order valence-corrected chi connectivity index (χ2v) is 5.97. The Morgan fingerprint density at radius 1 is 1.19 bits per heavy atom. The second kappa shape index (κ2) is 7.49. The van der Waals surface area contributed by atoms with Crippen LogP contribution < -0.4 is 20.1 Å². The van der Waals surface area contributed by atoms with Gasteiger partial charge in [0, 0.05) is 29.3 Å². The first-order valence-electron chi connectivity index (χ1n) is 8.51. The fourth-order valence-corrected chi connectivity index (χ4v) is 3.15. The first-order chi connectivity index (χ1) is 13.0. The Balaban J connectivity index is 2.26. The number of rotatable bonds is 5. The molecule has 0 bridgehead atoms. The molecular formula is C20H21N3O4. The number of fused-ring (bicyclic) bond motifs is 1. The van der Waals surface area contributed by atoms with Crippen molar-refractivity contribution in [2.75, 3.05) is 32.2 Å². The topological polar surface area (TPSA) is 94.2 Å². The molecule has 2 aromatic rings. The molecule has 0 saturated carbocycles. The SMILES string of the molecule is CCN1C(=O)CN=C(c2cccc(C(N)=O)c2)c2cc(OC)c(OC)cc21. The molecule has 0 radical (unpaired) electrons. The largest absolute Gasteiger partial charge is 0.493 e. The van der Waals surface area contributed by atoms with Gasteiger partial charge in [0.2, 0.25) is 11.8 Å². The van der Waals surface area contributed by atoms with Crippen molar-refractivity contribution in [3.8, 4) is 11.5 Å². The van der Waals surface area contributed by atoms with Crippen molar-refractivity contribution in [1.29, 1.82) is 0 Å². The minimum Gasteiger partial charge on any atom is -0.493 e. The van der Waals surface area contributed by atoms with Crippen LogP contribution in [-0.4, -0.2) is 44.8 Å². The van der Waals surface area contributed by atoms with Crippen LogP contribution in [0.1, 0.15) is 28.4 Å². The number of amides is 2. The van der Waals surface area contributed by atoms with Crippen molar-refractivity contribution < 1.29 is 19.1 Å². The summed E-state index contributed by atoms with van der Waals surface area (Å²) in [5, 5.41) is 0. The highest BCUT2D eigenvalue weighted by atomic mass is 16.5. The number of anilines is 1. The number of methoxy groups -OCH3 is 2. The molecule has 7 nitrogen and oxygen atoms in total. The molecule has 2 aromatic carbocycles. The summed E-state index contributed by atoms with van der Waals surface area (Å²) in [7, 11) is 3.10. The smallest absolute Gasteiger partial charge is 0.248 e. The van der Waals surface area contributed by atoms with E-state index in [-0.39, 0.29) is 12.5 Å². The molecule has 0 atom stereocenters. The van der Waals surface area contributed by atoms with Crippen molar-refractivity contribution in [1.82, 2.24) is 0 Å². The van der Waals surface area contributed by atoms with Gasteiger partial charge in [0.05, 0.1) is 25.6 Å². The molecule has 0 fully saturated rings. The monoisotopic (exact) mass is 367 g/mol. The summed E-state index contributed by atoms with van der Waals surface area (Å²) in [5.41, 5.74) is 8.48. The van der Waals surface area contributed by atoms with E-state index in [0.717, 1.165) is 5.56 Å². The lowest BCUT2D eigenvalue weighted by Gasteiger charge is -2.23. The molecule has 27 heavy (non-hydrogen) atoms. The molecule has 0 aromatic heterocycles. The summed E-state index contributed by atoms with van der Waals surface area (Å²) in [5.74, 6) is 0.409. The summed E-state index contributed by atoms with van der Waals surface area (Å²) in [6.45, 7) is 2.39. The summed E-state index contributed by atoms with van der Waals surface area (Å²) in [6, 6.07) is 10.5. The maximum absolute atomic E-state index is 12.6. The predicted molar refractivity (Wildman–Crippen MR) is 103 cm³/mol. The number of primary amides is 1. The maximum atomic E-state index is 12.6. The molecular weight excluding hydrogens is 346 g/mol. The van der Waals surface area contributed by atoms with Crippen LogP contribution >= 0.6 is 0 Å². The molecule has 2 N–H and O–H groups in total. The van der Waals surface area contributed by atoms with Crippen LogP contribution in [-0.2, 0) is 4.79 Å². The minimum atomic E-state index is -0.523. The number of benzene rings is 2. The Morgan fingerprint density at radius 3 is 2.52 bits per heavy atom. The molecule has 140 valence electrons. The van der Waals surface area contributed by atoms with Gasteiger partial charge in [-0.05, 0) is 25.1 Å². The van der Waals surface area contributed by atoms with Crippen LogP contribution in [0.5, 0.6) is 11.5 Å². The van der Waals surface area contributed by atoms with E-state index in [1.807, 2.05) is 13.0 Å². The van der Waals surface area contributed by atoms with Gasteiger partial charge in [-0.1, -0.05) is 12.1 Å². The van der Waals surface area contributed by atoms with Crippen molar-refractivity contribution in [2.24, 2.45) is 10.7 Å². The van der Waals surface area contributed by atoms with Gasteiger partial charge in [-0.2, -0.15) is 0 Å². The molecule has 1 heterocycles. The first-order valence-corrected chi connectivity index (χ1v) is 8.51. The minimum absolute atomic E-state index is 0.00326. The summed E-state index contributed by atoms with van der Waals surface area (Å²) < 4.78 is 10.8. The molecule has 7 heteroatoms. The zero-order valence-corrected chi connectivity index (χ0v) is 15.5. The zero-order chi connectivity index (χ0) is 19.6. The number of nitrogens with zero attached hydrogens (tertiary/aromatic N) is 2. The second-order valence-electron chi connectivity index (χ2n) is 5.97. The van der Waals surface area contributed by atoms with Gasteiger partial charge >= 0.3 is 0 Å². The lowest BCUT2D eigenvalue weighted by atomic mass is 9.97. The van der Waals surface area contributed by atoms with Crippen LogP contribution in [0.25, 0.3) is 0 Å². The van der Waals surface area contributed by atoms with Crippen molar-refractivity contribution in [2.45, 2.75) is 6.92 Å². The predicted octanol–water partition coefficient (Wildman–Crippen LogP) is 2.01. The van der Waals surface area contributed by atoms with Crippen LogP contribution in [0.2, 0.25) is 0 Å². The van der Waals surface area contributed by atoms with Crippen LogP contribution in [0, 0.1) is 0 Å². The zero-order valence-electron chi connectivity index (χ0n) is 15.5. The van der Waals surface area contributed by atoms with Gasteiger partial charge < -0.3 is 20.1 Å². The Labute approximate surface area is 157 Å². The molecule has 1 aliphatic heterocycles. The van der Waals surface area contributed by atoms with E-state index in [1.165, 1.54) is 0 Å². The third-order valence-corrected chi connectivity index (χ3v) is 4.46. The van der Waals surface area contributed by atoms with E-state index in [2.05, 4.69) is 4.99 Å². The molecule has 1 aliphatic rings. The van der Waals surface area contributed by atoms with Crippen LogP contribution in [0.4, 0.5) is 5.69 Å². The first kappa shape index (κ1) is 18.4. The summed E-state index contributed by atoms with van der Waals surface area (Å²) in [4.78, 5) is 30.3. The number of likely N-dealkylation sites (N-methyl/N-ethyl adjacent to an activating group) is 1. The Kier molecular flexibility index (Phi) is 5.12. The highest BCUT2D eigenvalue weighted by molar-refractivity contribution is 6.20. The van der Waals surface area contributed by atoms with E-state index in [9.17, 15) is 9.59 Å². The lowest BCUT2D eigenvalue weighted by molar-refractivity contribution is -0.117. The average Bonchev–Trinajstić information content (AvgIpc) is 2.82. The van der Waals surface area contributed by atoms with Gasteiger partial charge in [0.1, 0.15) is 6.54 Å². The fraction of sp³-hybridized carbons (Fsp3) is 0.250. The van der Waals surface area contributed by atoms with Crippen molar-refractivity contribution in [3.63, 3.8) is 0 Å². The normalized spacial score (nSPS) is 13.5. The number of ether oxygens (including phenoxy) is 2. The highest BCUT2D eigenvalue weighted by Crippen LogP contribution is 2.37. The quantitative estimate of drug-likeness (QED) is 0.875. The van der Waals surface area contributed by atoms with Crippen LogP contribution in [0.15, 0.2) is 41.4 Å². The van der Waals surface area contributed by atoms with E-state index in [0.29, 0.717) is 40.6 Å². The molecule has 0 spiro atoms. The molecule has 2 amide bonds. The van der Waals surface area contributed by atoms with Gasteiger partial charge in [0.25, 0.3) is 0 Å². The van der Waals surface area contributed by atoms with Gasteiger partial charge in [-0.25, -0.2) is 0 Å². The number of hydrogen-bond donors (Lipinski definition) is 1. The number of aliphatic imine (C=N–C) groups is 1. The van der Waals surface area contributed by atoms with E-state index in [1.54, 1.807) is 49.5 Å². The van der Waals surface area contributed by atoms with Crippen molar-refractivity contribution >= 4 is 23.2 Å². The Bertz CT molecular complexity index is 937. The molecule has 0 saturated heterocycles. The van der Waals surface area contributed by atoms with Gasteiger partial charge in [-0.3, -0.25) is 14.6 Å². The number of benzodiazepines with no additional fused rings is 1. The maximum Gasteiger partial charge on any atom is 0.248 e. The molecule has 3 rings (SSSR count). The van der Waals surface area contributed by atoms with E-state index >= 15 is 0 Å². The number of carbonyl (C=O) groups is 2. The third kappa shape index (κ3) is 3.36. The number of nitrogens with two attached hydrogens (primary N) is 1. The summed E-state index contributed by atoms with van der Waals surface area (Å²) in [6.07, 6.45) is 0. The average molecular weight is 367 g/mol. The Hall–Kier alpha value is -3.35. The van der Waals surface area contributed by atoms with Gasteiger partial charge in [-0.15, -0.1) is 0 Å². The van der Waals surface area contributed by atoms with Gasteiger partial charge in [0.15, 0.2) is 11.5 Å². The van der Waals surface area contributed by atoms with Crippen molar-refractivity contribution in [3.05, 3.63) is 53.1 Å². The lowest BCUT2D eigenvalue weighted by Crippen LogP contribution is -2.32. The van der Waals surface area contributed by atoms with E-state index < -0.39 is 5.91 Å².